The van der Waals surface area contributed by atoms with Crippen molar-refractivity contribution in [3.8, 4) is 0 Å². The summed E-state index contributed by atoms with van der Waals surface area (Å²) in [5.74, 6) is 1.96. The molecule has 1 aliphatic carbocycles. The highest BCUT2D eigenvalue weighted by molar-refractivity contribution is 4.83. The van der Waals surface area contributed by atoms with Gasteiger partial charge in [-0.2, -0.15) is 0 Å². The van der Waals surface area contributed by atoms with Gasteiger partial charge in [-0.15, -0.1) is 0 Å². The minimum absolute atomic E-state index is 0.925. The molecule has 1 rings (SSSR count). The molecule has 0 aromatic heterocycles. The van der Waals surface area contributed by atoms with Crippen LogP contribution in [0, 0.1) is 11.8 Å². The van der Waals surface area contributed by atoms with Crippen molar-refractivity contribution in [3.63, 3.8) is 0 Å². The Hall–Kier alpha value is -0.260. The first-order chi connectivity index (χ1) is 5.34. The zero-order valence-corrected chi connectivity index (χ0v) is 7.84. The van der Waals surface area contributed by atoms with Crippen LogP contribution < -0.4 is 0 Å². The van der Waals surface area contributed by atoms with Gasteiger partial charge in [-0.25, -0.2) is 0 Å². The molecule has 0 heterocycles. The normalized spacial score (nSPS) is 23.1. The molecule has 1 aliphatic rings. The maximum Gasteiger partial charge on any atom is -0.0322 e. The second-order valence-corrected chi connectivity index (χ2v) is 3.83. The fraction of sp³-hybridized carbons (Fsp3) is 0.818. The van der Waals surface area contributed by atoms with E-state index in [-0.39, 0.29) is 0 Å². The molecule has 1 fully saturated rings. The minimum atomic E-state index is 0.925. The van der Waals surface area contributed by atoms with E-state index in [0.29, 0.717) is 0 Å². The van der Waals surface area contributed by atoms with E-state index in [1.807, 2.05) is 0 Å². The van der Waals surface area contributed by atoms with Gasteiger partial charge in [0.2, 0.25) is 0 Å². The van der Waals surface area contributed by atoms with Gasteiger partial charge in [-0.3, -0.25) is 0 Å². The highest BCUT2D eigenvalue weighted by atomic mass is 14.3. The summed E-state index contributed by atoms with van der Waals surface area (Å²) in [6.07, 6.45) is 11.7. The van der Waals surface area contributed by atoms with Gasteiger partial charge >= 0.3 is 0 Å². The van der Waals surface area contributed by atoms with Gasteiger partial charge in [-0.05, 0) is 25.2 Å². The lowest BCUT2D eigenvalue weighted by Crippen LogP contribution is -2.05. The summed E-state index contributed by atoms with van der Waals surface area (Å²) >= 11 is 0. The lowest BCUT2D eigenvalue weighted by Gasteiger charge is -2.16. The second-order valence-electron chi connectivity index (χ2n) is 3.83. The Labute approximate surface area is 70.7 Å². The zero-order chi connectivity index (χ0) is 8.10. The quantitative estimate of drug-likeness (QED) is 0.540. The SMILES string of the molecule is C/C=C/CC(C)C1CCCC1. The lowest BCUT2D eigenvalue weighted by atomic mass is 9.90. The molecular formula is C11H20. The van der Waals surface area contributed by atoms with Crippen molar-refractivity contribution in [1.82, 2.24) is 0 Å². The van der Waals surface area contributed by atoms with E-state index in [9.17, 15) is 0 Å². The fourth-order valence-corrected chi connectivity index (χ4v) is 2.07. The molecule has 0 aromatic rings. The Morgan fingerprint density at radius 1 is 1.36 bits per heavy atom. The van der Waals surface area contributed by atoms with Crippen LogP contribution in [0.3, 0.4) is 0 Å². The minimum Gasteiger partial charge on any atom is -0.0917 e. The predicted molar refractivity (Wildman–Crippen MR) is 50.6 cm³/mol. The first-order valence-electron chi connectivity index (χ1n) is 4.95. The van der Waals surface area contributed by atoms with Gasteiger partial charge in [0.25, 0.3) is 0 Å². The van der Waals surface area contributed by atoms with Crippen molar-refractivity contribution < 1.29 is 0 Å². The van der Waals surface area contributed by atoms with Crippen molar-refractivity contribution in [1.29, 1.82) is 0 Å². The van der Waals surface area contributed by atoms with Crippen LogP contribution in [-0.2, 0) is 0 Å². The molecule has 0 N–H and O–H groups in total. The van der Waals surface area contributed by atoms with Crippen LogP contribution in [0.4, 0.5) is 0 Å². The van der Waals surface area contributed by atoms with E-state index in [2.05, 4.69) is 26.0 Å². The topological polar surface area (TPSA) is 0 Å². The van der Waals surface area contributed by atoms with Crippen molar-refractivity contribution in [3.05, 3.63) is 12.2 Å². The molecule has 0 nitrogen and oxygen atoms in total. The highest BCUT2D eigenvalue weighted by Gasteiger charge is 2.19. The molecule has 1 unspecified atom stereocenters. The molecule has 0 bridgehead atoms. The smallest absolute Gasteiger partial charge is 0.0322 e. The van der Waals surface area contributed by atoms with E-state index in [4.69, 9.17) is 0 Å². The zero-order valence-electron chi connectivity index (χ0n) is 7.84. The molecule has 0 amide bonds. The molecule has 0 aromatic carbocycles. The number of allylic oxidation sites excluding steroid dienone is 2. The molecule has 0 saturated heterocycles. The van der Waals surface area contributed by atoms with E-state index in [1.165, 1.54) is 32.1 Å². The molecule has 0 radical (unpaired) electrons. The average molecular weight is 152 g/mol. The molecule has 0 heteroatoms. The largest absolute Gasteiger partial charge is 0.0917 e. The van der Waals surface area contributed by atoms with Crippen LogP contribution in [0.1, 0.15) is 46.0 Å². The van der Waals surface area contributed by atoms with Crippen molar-refractivity contribution in [2.75, 3.05) is 0 Å². The predicted octanol–water partition coefficient (Wildman–Crippen LogP) is 3.78. The van der Waals surface area contributed by atoms with Gasteiger partial charge in [-0.1, -0.05) is 44.8 Å². The summed E-state index contributed by atoms with van der Waals surface area (Å²) in [7, 11) is 0. The van der Waals surface area contributed by atoms with Crippen LogP contribution in [0.5, 0.6) is 0 Å². The molecule has 0 aliphatic heterocycles. The third-order valence-electron chi connectivity index (χ3n) is 2.95. The molecule has 11 heavy (non-hydrogen) atoms. The lowest BCUT2D eigenvalue weighted by molar-refractivity contribution is 0.370. The Morgan fingerprint density at radius 3 is 2.55 bits per heavy atom. The van der Waals surface area contributed by atoms with Crippen LogP contribution in [-0.4, -0.2) is 0 Å². The van der Waals surface area contributed by atoms with Crippen LogP contribution >= 0.6 is 0 Å². The van der Waals surface area contributed by atoms with E-state index in [1.54, 1.807) is 0 Å². The molecule has 1 atom stereocenters. The average Bonchev–Trinajstić information content (AvgIpc) is 2.52. The maximum absolute atomic E-state index is 2.40. The third kappa shape index (κ3) is 2.69. The summed E-state index contributed by atoms with van der Waals surface area (Å²) in [6, 6.07) is 0. The summed E-state index contributed by atoms with van der Waals surface area (Å²) in [6.45, 7) is 4.51. The second kappa shape index (κ2) is 4.58. The number of hydrogen-bond donors (Lipinski definition) is 0. The maximum atomic E-state index is 2.40. The summed E-state index contributed by atoms with van der Waals surface area (Å²) < 4.78 is 0. The highest BCUT2D eigenvalue weighted by Crippen LogP contribution is 2.32. The Morgan fingerprint density at radius 2 is 2.00 bits per heavy atom. The first kappa shape index (κ1) is 8.83. The van der Waals surface area contributed by atoms with Crippen LogP contribution in [0.25, 0.3) is 0 Å². The van der Waals surface area contributed by atoms with Gasteiger partial charge in [0, 0.05) is 0 Å². The summed E-state index contributed by atoms with van der Waals surface area (Å²) in [5, 5.41) is 0. The van der Waals surface area contributed by atoms with Crippen molar-refractivity contribution >= 4 is 0 Å². The van der Waals surface area contributed by atoms with E-state index >= 15 is 0 Å². The van der Waals surface area contributed by atoms with Crippen LogP contribution in [0.2, 0.25) is 0 Å². The van der Waals surface area contributed by atoms with Crippen LogP contribution in [0.15, 0.2) is 12.2 Å². The van der Waals surface area contributed by atoms with Gasteiger partial charge in [0.15, 0.2) is 0 Å². The van der Waals surface area contributed by atoms with E-state index in [0.717, 1.165) is 11.8 Å². The summed E-state index contributed by atoms with van der Waals surface area (Å²) in [4.78, 5) is 0. The number of rotatable bonds is 3. The Balaban J connectivity index is 2.22. The van der Waals surface area contributed by atoms with Gasteiger partial charge in [0.1, 0.15) is 0 Å². The molecular weight excluding hydrogens is 132 g/mol. The monoisotopic (exact) mass is 152 g/mol. The first-order valence-corrected chi connectivity index (χ1v) is 4.95. The summed E-state index contributed by atoms with van der Waals surface area (Å²) in [5.41, 5.74) is 0. The van der Waals surface area contributed by atoms with Gasteiger partial charge in [0.05, 0.1) is 0 Å². The standard InChI is InChI=1S/C11H20/c1-3-4-7-10(2)11-8-5-6-9-11/h3-4,10-11H,5-9H2,1-2H3/b4-3+. The molecule has 1 saturated carbocycles. The van der Waals surface area contributed by atoms with Gasteiger partial charge < -0.3 is 0 Å². The van der Waals surface area contributed by atoms with Crippen molar-refractivity contribution in [2.24, 2.45) is 11.8 Å². The molecule has 64 valence electrons. The number of hydrogen-bond acceptors (Lipinski definition) is 0. The fourth-order valence-electron chi connectivity index (χ4n) is 2.07. The Kier molecular flexibility index (Phi) is 3.68. The Bertz CT molecular complexity index is 118. The van der Waals surface area contributed by atoms with Crippen molar-refractivity contribution in [2.45, 2.75) is 46.0 Å². The molecule has 0 spiro atoms. The third-order valence-corrected chi connectivity index (χ3v) is 2.95. The van der Waals surface area contributed by atoms with E-state index < -0.39 is 0 Å².